The van der Waals surface area contributed by atoms with E-state index >= 15 is 0 Å². The van der Waals surface area contributed by atoms with Crippen LogP contribution < -0.4 is 10.1 Å². The van der Waals surface area contributed by atoms with Gasteiger partial charge in [0.2, 0.25) is 0 Å². The maximum absolute atomic E-state index is 9.04. The summed E-state index contributed by atoms with van der Waals surface area (Å²) in [5.41, 5.74) is 1.69. The van der Waals surface area contributed by atoms with Crippen molar-refractivity contribution in [1.82, 2.24) is 5.32 Å². The molecule has 0 radical (unpaired) electrons. The second-order valence-electron chi connectivity index (χ2n) is 4.86. The number of hydrogen-bond acceptors (Lipinski definition) is 4. The van der Waals surface area contributed by atoms with Gasteiger partial charge in [-0.25, -0.2) is 0 Å². The molecule has 0 spiro atoms. The minimum Gasteiger partial charge on any atom is -0.495 e. The van der Waals surface area contributed by atoms with Crippen molar-refractivity contribution in [3.63, 3.8) is 0 Å². The molecule has 1 aliphatic rings. The van der Waals surface area contributed by atoms with Gasteiger partial charge in [0.25, 0.3) is 0 Å². The Bertz CT molecular complexity index is 448. The zero-order chi connectivity index (χ0) is 13.5. The Morgan fingerprint density at radius 2 is 2.42 bits per heavy atom. The van der Waals surface area contributed by atoms with E-state index in [1.807, 2.05) is 18.2 Å². The molecule has 1 aromatic carbocycles. The van der Waals surface area contributed by atoms with Gasteiger partial charge in [0.05, 0.1) is 19.3 Å². The van der Waals surface area contributed by atoms with E-state index in [9.17, 15) is 0 Å². The van der Waals surface area contributed by atoms with Crippen molar-refractivity contribution in [3.05, 3.63) is 29.3 Å². The Balaban J connectivity index is 1.84. The quantitative estimate of drug-likeness (QED) is 0.880. The zero-order valence-corrected chi connectivity index (χ0v) is 11.3. The largest absolute Gasteiger partial charge is 0.495 e. The van der Waals surface area contributed by atoms with Gasteiger partial charge in [-0.3, -0.25) is 0 Å². The number of ether oxygens (including phenoxy) is 2. The number of methoxy groups -OCH3 is 1. The molecule has 1 heterocycles. The van der Waals surface area contributed by atoms with Crippen molar-refractivity contribution in [2.24, 2.45) is 5.92 Å². The fourth-order valence-electron chi connectivity index (χ4n) is 2.34. The Hall–Kier alpha value is -1.57. The van der Waals surface area contributed by atoms with Crippen LogP contribution in [-0.2, 0) is 11.3 Å². The van der Waals surface area contributed by atoms with Crippen LogP contribution in [0, 0.1) is 17.2 Å². The summed E-state index contributed by atoms with van der Waals surface area (Å²) in [4.78, 5) is 0. The van der Waals surface area contributed by atoms with E-state index in [1.54, 1.807) is 7.11 Å². The first-order chi connectivity index (χ1) is 9.33. The molecule has 1 aromatic rings. The standard InChI is InChI=1S/C15H20N2O2/c1-18-15-5-4-12(7-14(15)8-16)9-17-10-13-3-2-6-19-11-13/h4-5,7,13,17H,2-3,6,9-11H2,1H3/t13-/m1/s1. The fraction of sp³-hybridized carbons (Fsp3) is 0.533. The van der Waals surface area contributed by atoms with Crippen LogP contribution in [0.3, 0.4) is 0 Å². The van der Waals surface area contributed by atoms with E-state index in [2.05, 4.69) is 11.4 Å². The summed E-state index contributed by atoms with van der Waals surface area (Å²) < 4.78 is 10.6. The van der Waals surface area contributed by atoms with Crippen LogP contribution >= 0.6 is 0 Å². The number of hydrogen-bond donors (Lipinski definition) is 1. The summed E-state index contributed by atoms with van der Waals surface area (Å²) in [5.74, 6) is 1.24. The molecule has 1 atom stereocenters. The molecule has 19 heavy (non-hydrogen) atoms. The molecule has 0 amide bonds. The van der Waals surface area contributed by atoms with E-state index in [4.69, 9.17) is 14.7 Å². The maximum Gasteiger partial charge on any atom is 0.136 e. The second kappa shape index (κ2) is 7.13. The van der Waals surface area contributed by atoms with Gasteiger partial charge in [-0.15, -0.1) is 0 Å². The smallest absolute Gasteiger partial charge is 0.136 e. The highest BCUT2D eigenvalue weighted by Crippen LogP contribution is 2.19. The Labute approximate surface area is 114 Å². The van der Waals surface area contributed by atoms with E-state index in [0.29, 0.717) is 17.2 Å². The number of nitrogens with zero attached hydrogens (tertiary/aromatic N) is 1. The summed E-state index contributed by atoms with van der Waals surface area (Å²) >= 11 is 0. The minimum atomic E-state index is 0.586. The first-order valence-corrected chi connectivity index (χ1v) is 6.69. The van der Waals surface area contributed by atoms with Gasteiger partial charge in [0.15, 0.2) is 0 Å². The minimum absolute atomic E-state index is 0.586. The Morgan fingerprint density at radius 3 is 3.11 bits per heavy atom. The molecule has 1 aliphatic heterocycles. The van der Waals surface area contributed by atoms with Gasteiger partial charge < -0.3 is 14.8 Å². The molecule has 0 saturated carbocycles. The van der Waals surface area contributed by atoms with E-state index in [0.717, 1.165) is 38.3 Å². The molecule has 4 nitrogen and oxygen atoms in total. The SMILES string of the molecule is COc1ccc(CNC[C@H]2CCCOC2)cc1C#N. The summed E-state index contributed by atoms with van der Waals surface area (Å²) in [7, 11) is 1.58. The molecule has 0 unspecified atom stereocenters. The van der Waals surface area contributed by atoms with E-state index in [1.165, 1.54) is 6.42 Å². The number of benzene rings is 1. The van der Waals surface area contributed by atoms with Gasteiger partial charge >= 0.3 is 0 Å². The van der Waals surface area contributed by atoms with Gasteiger partial charge in [-0.2, -0.15) is 5.26 Å². The molecule has 1 saturated heterocycles. The van der Waals surface area contributed by atoms with Crippen molar-refractivity contribution in [2.45, 2.75) is 19.4 Å². The summed E-state index contributed by atoms with van der Waals surface area (Å²) in [5, 5.41) is 12.5. The van der Waals surface area contributed by atoms with Crippen LogP contribution in [0.1, 0.15) is 24.0 Å². The third kappa shape index (κ3) is 3.95. The van der Waals surface area contributed by atoms with Gasteiger partial charge in [0, 0.05) is 19.7 Å². The van der Waals surface area contributed by atoms with Crippen LogP contribution in [0.4, 0.5) is 0 Å². The van der Waals surface area contributed by atoms with Crippen LogP contribution in [0.2, 0.25) is 0 Å². The molecule has 1 fully saturated rings. The van der Waals surface area contributed by atoms with Gasteiger partial charge in [-0.05, 0) is 36.5 Å². The zero-order valence-electron chi connectivity index (χ0n) is 11.3. The number of nitrogens with one attached hydrogen (secondary N) is 1. The normalized spacial score (nSPS) is 18.8. The van der Waals surface area contributed by atoms with E-state index < -0.39 is 0 Å². The highest BCUT2D eigenvalue weighted by molar-refractivity contribution is 5.45. The Kier molecular flexibility index (Phi) is 5.20. The predicted octanol–water partition coefficient (Wildman–Crippen LogP) is 2.08. The number of rotatable bonds is 5. The van der Waals surface area contributed by atoms with Crippen LogP contribution in [0.5, 0.6) is 5.75 Å². The molecule has 2 rings (SSSR count). The van der Waals surface area contributed by atoms with Gasteiger partial charge in [-0.1, -0.05) is 6.07 Å². The third-order valence-electron chi connectivity index (χ3n) is 3.40. The predicted molar refractivity (Wildman–Crippen MR) is 73.0 cm³/mol. The Morgan fingerprint density at radius 1 is 1.53 bits per heavy atom. The topological polar surface area (TPSA) is 54.3 Å². The average molecular weight is 260 g/mol. The van der Waals surface area contributed by atoms with E-state index in [-0.39, 0.29) is 0 Å². The lowest BCUT2D eigenvalue weighted by molar-refractivity contribution is 0.0547. The first-order valence-electron chi connectivity index (χ1n) is 6.69. The van der Waals surface area contributed by atoms with Crippen LogP contribution in [0.25, 0.3) is 0 Å². The molecule has 102 valence electrons. The lowest BCUT2D eigenvalue weighted by atomic mass is 10.0. The summed E-state index contributed by atoms with van der Waals surface area (Å²) in [6.45, 7) is 3.50. The average Bonchev–Trinajstić information content (AvgIpc) is 2.48. The van der Waals surface area contributed by atoms with Crippen molar-refractivity contribution in [3.8, 4) is 11.8 Å². The lowest BCUT2D eigenvalue weighted by Gasteiger charge is -2.22. The summed E-state index contributed by atoms with van der Waals surface area (Å²) in [6.07, 6.45) is 2.40. The van der Waals surface area contributed by atoms with Crippen LogP contribution in [0.15, 0.2) is 18.2 Å². The van der Waals surface area contributed by atoms with Crippen LogP contribution in [-0.4, -0.2) is 26.9 Å². The lowest BCUT2D eigenvalue weighted by Crippen LogP contribution is -2.28. The molecular formula is C15H20N2O2. The first kappa shape index (κ1) is 13.9. The second-order valence-corrected chi connectivity index (χ2v) is 4.86. The highest BCUT2D eigenvalue weighted by Gasteiger charge is 2.13. The molecule has 0 aliphatic carbocycles. The molecule has 4 heteroatoms. The van der Waals surface area contributed by atoms with Gasteiger partial charge in [0.1, 0.15) is 11.8 Å². The van der Waals surface area contributed by atoms with Crippen molar-refractivity contribution >= 4 is 0 Å². The maximum atomic E-state index is 9.04. The van der Waals surface area contributed by atoms with Crippen molar-refractivity contribution in [1.29, 1.82) is 5.26 Å². The third-order valence-corrected chi connectivity index (χ3v) is 3.40. The molecule has 1 N–H and O–H groups in total. The molecule has 0 aromatic heterocycles. The van der Waals surface area contributed by atoms with Crippen molar-refractivity contribution in [2.75, 3.05) is 26.9 Å². The van der Waals surface area contributed by atoms with Crippen molar-refractivity contribution < 1.29 is 9.47 Å². The molecule has 0 bridgehead atoms. The summed E-state index contributed by atoms with van der Waals surface area (Å²) in [6, 6.07) is 7.87. The number of nitriles is 1. The molecular weight excluding hydrogens is 240 g/mol. The highest BCUT2D eigenvalue weighted by atomic mass is 16.5. The fourth-order valence-corrected chi connectivity index (χ4v) is 2.34. The monoisotopic (exact) mass is 260 g/mol.